The molecule has 20 heavy (non-hydrogen) atoms. The molecule has 0 aromatic heterocycles. The Hall–Kier alpha value is -0.410. The first kappa shape index (κ1) is 24.6. The van der Waals surface area contributed by atoms with E-state index in [2.05, 4.69) is 27.7 Å². The lowest BCUT2D eigenvalue weighted by Gasteiger charge is -2.08. The first-order valence-electron chi connectivity index (χ1n) is 7.77. The molecule has 4 N–H and O–H groups in total. The molecule has 0 amide bonds. The fourth-order valence-corrected chi connectivity index (χ4v) is 1.65. The molecule has 0 heterocycles. The number of ketones is 1. The molecule has 0 aliphatic carbocycles. The van der Waals surface area contributed by atoms with Gasteiger partial charge in [-0.05, 0) is 38.1 Å². The minimum Gasteiger partial charge on any atom is -0.330 e. The van der Waals surface area contributed by atoms with Crippen LogP contribution in [-0.2, 0) is 4.79 Å². The minimum absolute atomic E-state index is 0. The molecule has 0 bridgehead atoms. The molecule has 1 atom stereocenters. The molecule has 124 valence electrons. The van der Waals surface area contributed by atoms with Crippen LogP contribution in [0, 0.1) is 11.8 Å². The summed E-state index contributed by atoms with van der Waals surface area (Å²) < 4.78 is 0. The number of nitrogens with two attached hydrogens (primary N) is 2. The summed E-state index contributed by atoms with van der Waals surface area (Å²) in [6.45, 7) is 11.3. The average molecular weight is 289 g/mol. The van der Waals surface area contributed by atoms with Crippen molar-refractivity contribution in [2.24, 2.45) is 23.3 Å². The first-order chi connectivity index (χ1) is 8.81. The molecule has 0 aromatic rings. The number of carbonyl (C=O) groups is 1. The Morgan fingerprint density at radius 3 is 1.70 bits per heavy atom. The first-order valence-corrected chi connectivity index (χ1v) is 7.77. The van der Waals surface area contributed by atoms with Gasteiger partial charge in [-0.3, -0.25) is 4.79 Å². The zero-order chi connectivity index (χ0) is 15.3. The van der Waals surface area contributed by atoms with Crippen molar-refractivity contribution in [2.45, 2.75) is 86.6 Å². The standard InChI is InChI=1S/C9H19NO.C7H17N.CH4/c1-7(2)5-4-6-9(10)8(3)11;1-7(2)5-3-4-6-8;/h7,9H,4-6,10H2,1-3H3;7H,3-6,8H2,1-2H3;1H4. The molecule has 3 heteroatoms. The molecule has 0 spiro atoms. The summed E-state index contributed by atoms with van der Waals surface area (Å²) in [5.74, 6) is 1.67. The van der Waals surface area contributed by atoms with E-state index < -0.39 is 0 Å². The number of hydrogen-bond donors (Lipinski definition) is 2. The van der Waals surface area contributed by atoms with Crippen LogP contribution in [0.3, 0.4) is 0 Å². The van der Waals surface area contributed by atoms with Gasteiger partial charge in [0.2, 0.25) is 0 Å². The maximum atomic E-state index is 10.7. The molecular formula is C17H40N2O. The molecular weight excluding hydrogens is 248 g/mol. The number of unbranched alkanes of at least 4 members (excludes halogenated alkanes) is 1. The summed E-state index contributed by atoms with van der Waals surface area (Å²) in [5, 5.41) is 0. The molecule has 0 rings (SSSR count). The fourth-order valence-electron chi connectivity index (χ4n) is 1.65. The van der Waals surface area contributed by atoms with Gasteiger partial charge in [-0.1, -0.05) is 60.8 Å². The summed E-state index contributed by atoms with van der Waals surface area (Å²) >= 11 is 0. The van der Waals surface area contributed by atoms with Crippen molar-refractivity contribution < 1.29 is 4.79 Å². The molecule has 3 nitrogen and oxygen atoms in total. The Morgan fingerprint density at radius 1 is 0.900 bits per heavy atom. The minimum atomic E-state index is -0.228. The van der Waals surface area contributed by atoms with Crippen molar-refractivity contribution in [3.8, 4) is 0 Å². The highest BCUT2D eigenvalue weighted by atomic mass is 16.1. The van der Waals surface area contributed by atoms with Crippen LogP contribution in [0.2, 0.25) is 0 Å². The van der Waals surface area contributed by atoms with Crippen LogP contribution in [0.1, 0.15) is 80.6 Å². The van der Waals surface area contributed by atoms with Gasteiger partial charge in [0.1, 0.15) is 5.78 Å². The topological polar surface area (TPSA) is 69.1 Å². The van der Waals surface area contributed by atoms with E-state index in [0.717, 1.165) is 25.3 Å². The Balaban J connectivity index is -0.000000288. The number of Topliss-reactive ketones (excluding diaryl/α,β-unsaturated/α-hetero) is 1. The summed E-state index contributed by atoms with van der Waals surface area (Å²) in [6.07, 6.45) is 6.90. The Morgan fingerprint density at radius 2 is 1.35 bits per heavy atom. The fraction of sp³-hybridized carbons (Fsp3) is 0.941. The highest BCUT2D eigenvalue weighted by molar-refractivity contribution is 5.80. The Kier molecular flexibility index (Phi) is 20.5. The van der Waals surface area contributed by atoms with Crippen molar-refractivity contribution in [2.75, 3.05) is 6.54 Å². The summed E-state index contributed by atoms with van der Waals surface area (Å²) in [7, 11) is 0. The second-order valence-electron chi connectivity index (χ2n) is 6.22. The largest absolute Gasteiger partial charge is 0.330 e. The summed E-state index contributed by atoms with van der Waals surface area (Å²) in [5.41, 5.74) is 10.9. The van der Waals surface area contributed by atoms with Crippen LogP contribution in [0.4, 0.5) is 0 Å². The van der Waals surface area contributed by atoms with Gasteiger partial charge in [-0.2, -0.15) is 0 Å². The third-order valence-corrected chi connectivity index (χ3v) is 3.05. The lowest BCUT2D eigenvalue weighted by Crippen LogP contribution is -2.27. The quantitative estimate of drug-likeness (QED) is 0.627. The van der Waals surface area contributed by atoms with Crippen molar-refractivity contribution in [3.63, 3.8) is 0 Å². The molecule has 1 unspecified atom stereocenters. The molecule has 0 radical (unpaired) electrons. The Bertz CT molecular complexity index is 203. The van der Waals surface area contributed by atoms with Gasteiger partial charge < -0.3 is 11.5 Å². The molecule has 0 aliphatic rings. The van der Waals surface area contributed by atoms with Gasteiger partial charge >= 0.3 is 0 Å². The number of hydrogen-bond acceptors (Lipinski definition) is 3. The summed E-state index contributed by atoms with van der Waals surface area (Å²) in [4.78, 5) is 10.7. The van der Waals surface area contributed by atoms with E-state index in [4.69, 9.17) is 11.5 Å². The van der Waals surface area contributed by atoms with Gasteiger partial charge in [-0.15, -0.1) is 0 Å². The van der Waals surface area contributed by atoms with Crippen molar-refractivity contribution in [1.29, 1.82) is 0 Å². The van der Waals surface area contributed by atoms with Crippen LogP contribution in [0.5, 0.6) is 0 Å². The van der Waals surface area contributed by atoms with Crippen LogP contribution >= 0.6 is 0 Å². The van der Waals surface area contributed by atoms with Crippen molar-refractivity contribution in [3.05, 3.63) is 0 Å². The van der Waals surface area contributed by atoms with Gasteiger partial charge in [0.05, 0.1) is 6.04 Å². The zero-order valence-electron chi connectivity index (χ0n) is 13.7. The van der Waals surface area contributed by atoms with Crippen LogP contribution in [0.15, 0.2) is 0 Å². The SMILES string of the molecule is C.CC(=O)C(N)CCCC(C)C.CC(C)CCCCN. The molecule has 0 aliphatic heterocycles. The van der Waals surface area contributed by atoms with Gasteiger partial charge in [-0.25, -0.2) is 0 Å². The lowest BCUT2D eigenvalue weighted by molar-refractivity contribution is -0.118. The van der Waals surface area contributed by atoms with Crippen molar-refractivity contribution >= 4 is 5.78 Å². The third-order valence-electron chi connectivity index (χ3n) is 3.05. The van der Waals surface area contributed by atoms with Gasteiger partial charge in [0.15, 0.2) is 0 Å². The van der Waals surface area contributed by atoms with Crippen molar-refractivity contribution in [1.82, 2.24) is 0 Å². The van der Waals surface area contributed by atoms with Crippen LogP contribution in [0.25, 0.3) is 0 Å². The Labute approximate surface area is 127 Å². The normalized spacial score (nSPS) is 11.7. The van der Waals surface area contributed by atoms with Crippen LogP contribution < -0.4 is 11.5 Å². The van der Waals surface area contributed by atoms with E-state index in [1.54, 1.807) is 6.92 Å². The van der Waals surface area contributed by atoms with Crippen LogP contribution in [-0.4, -0.2) is 18.4 Å². The predicted octanol–water partition coefficient (Wildman–Crippen LogP) is 4.14. The highest BCUT2D eigenvalue weighted by Crippen LogP contribution is 2.07. The van der Waals surface area contributed by atoms with E-state index in [-0.39, 0.29) is 19.3 Å². The maximum absolute atomic E-state index is 10.7. The smallest absolute Gasteiger partial charge is 0.146 e. The van der Waals surface area contributed by atoms with Gasteiger partial charge in [0, 0.05) is 0 Å². The van der Waals surface area contributed by atoms with E-state index in [9.17, 15) is 4.79 Å². The lowest BCUT2D eigenvalue weighted by atomic mass is 10.0. The second-order valence-corrected chi connectivity index (χ2v) is 6.22. The molecule has 0 aromatic carbocycles. The molecule has 0 saturated carbocycles. The van der Waals surface area contributed by atoms with E-state index >= 15 is 0 Å². The van der Waals surface area contributed by atoms with E-state index in [1.807, 2.05) is 0 Å². The predicted molar refractivity (Wildman–Crippen MR) is 91.8 cm³/mol. The monoisotopic (exact) mass is 288 g/mol. The molecule has 0 saturated heterocycles. The maximum Gasteiger partial charge on any atom is 0.146 e. The van der Waals surface area contributed by atoms with E-state index in [1.165, 1.54) is 25.7 Å². The average Bonchev–Trinajstić information content (AvgIpc) is 2.29. The highest BCUT2D eigenvalue weighted by Gasteiger charge is 2.07. The summed E-state index contributed by atoms with van der Waals surface area (Å²) in [6, 6.07) is -0.228. The van der Waals surface area contributed by atoms with E-state index in [0.29, 0.717) is 5.92 Å². The number of carbonyl (C=O) groups excluding carboxylic acids is 1. The second kappa shape index (κ2) is 16.6. The van der Waals surface area contributed by atoms with Gasteiger partial charge in [0.25, 0.3) is 0 Å². The third kappa shape index (κ3) is 22.7. The zero-order valence-corrected chi connectivity index (χ0v) is 13.7. The molecule has 0 fully saturated rings. The number of rotatable bonds is 9.